The van der Waals surface area contributed by atoms with Crippen molar-refractivity contribution in [2.45, 2.75) is 6.92 Å². The minimum absolute atomic E-state index is 0.224. The molecule has 0 radical (unpaired) electrons. The number of hydroxylamine groups is 2. The van der Waals surface area contributed by atoms with Crippen molar-refractivity contribution in [1.82, 2.24) is 5.06 Å². The summed E-state index contributed by atoms with van der Waals surface area (Å²) in [5.74, 6) is -0.224. The summed E-state index contributed by atoms with van der Waals surface area (Å²) in [5.41, 5.74) is 1.07. The van der Waals surface area contributed by atoms with Crippen molar-refractivity contribution < 1.29 is 9.63 Å². The lowest BCUT2D eigenvalue weighted by molar-refractivity contribution is -0.0753. The van der Waals surface area contributed by atoms with Gasteiger partial charge in [0.2, 0.25) is 0 Å². The third-order valence-corrected chi connectivity index (χ3v) is 4.25. The molecule has 0 spiro atoms. The first-order valence-electron chi connectivity index (χ1n) is 5.06. The number of amides is 1. The molecule has 3 nitrogen and oxygen atoms in total. The summed E-state index contributed by atoms with van der Waals surface area (Å²) in [6.07, 6.45) is 0. The van der Waals surface area contributed by atoms with Crippen LogP contribution >= 0.6 is 22.9 Å². The van der Waals surface area contributed by atoms with Crippen LogP contribution in [-0.4, -0.2) is 25.1 Å². The number of carbonyl (C=O) groups is 1. The molecule has 1 amide bonds. The molecule has 0 N–H and O–H groups in total. The van der Waals surface area contributed by atoms with Crippen molar-refractivity contribution in [3.05, 3.63) is 33.7 Å². The minimum Gasteiger partial charge on any atom is -0.274 e. The first kappa shape index (κ1) is 12.4. The van der Waals surface area contributed by atoms with Crippen LogP contribution < -0.4 is 0 Å². The maximum atomic E-state index is 12.0. The van der Waals surface area contributed by atoms with Crippen molar-refractivity contribution in [2.24, 2.45) is 0 Å². The van der Waals surface area contributed by atoms with E-state index in [4.69, 9.17) is 16.4 Å². The summed E-state index contributed by atoms with van der Waals surface area (Å²) >= 11 is 7.65. The van der Waals surface area contributed by atoms with Crippen LogP contribution in [-0.2, 0) is 4.84 Å². The second-order valence-corrected chi connectivity index (χ2v) is 5.11. The second-order valence-electron chi connectivity index (χ2n) is 3.68. The van der Waals surface area contributed by atoms with Gasteiger partial charge in [0.1, 0.15) is 4.88 Å². The third-order valence-electron chi connectivity index (χ3n) is 2.62. The maximum Gasteiger partial charge on any atom is 0.288 e. The normalized spacial score (nSPS) is 10.8. The van der Waals surface area contributed by atoms with Crippen molar-refractivity contribution in [3.63, 3.8) is 0 Å². The van der Waals surface area contributed by atoms with E-state index in [1.807, 2.05) is 25.1 Å². The Morgan fingerprint density at radius 3 is 2.76 bits per heavy atom. The van der Waals surface area contributed by atoms with Crippen LogP contribution in [0.1, 0.15) is 15.2 Å². The number of hydrogen-bond acceptors (Lipinski definition) is 3. The SMILES string of the molecule is CON(C)C(=O)c1sc2cccc(C)c2c1Cl. The van der Waals surface area contributed by atoms with Gasteiger partial charge in [0.25, 0.3) is 5.91 Å². The van der Waals surface area contributed by atoms with Crippen LogP contribution in [0, 0.1) is 6.92 Å². The Bertz CT molecular complexity index is 579. The quantitative estimate of drug-likeness (QED) is 0.781. The number of halogens is 1. The lowest BCUT2D eigenvalue weighted by atomic mass is 10.1. The fraction of sp³-hybridized carbons (Fsp3) is 0.250. The summed E-state index contributed by atoms with van der Waals surface area (Å²) < 4.78 is 1.02. The van der Waals surface area contributed by atoms with Crippen LogP contribution in [0.3, 0.4) is 0 Å². The summed E-state index contributed by atoms with van der Waals surface area (Å²) in [6.45, 7) is 1.98. The van der Waals surface area contributed by atoms with Crippen molar-refractivity contribution in [3.8, 4) is 0 Å². The summed E-state index contributed by atoms with van der Waals surface area (Å²) in [7, 11) is 3.01. The minimum atomic E-state index is -0.224. The number of carbonyl (C=O) groups excluding carboxylic acids is 1. The van der Waals surface area contributed by atoms with E-state index in [9.17, 15) is 4.79 Å². The molecule has 0 aliphatic carbocycles. The predicted octanol–water partition coefficient (Wildman–Crippen LogP) is 3.50. The number of rotatable bonds is 2. The van der Waals surface area contributed by atoms with Crippen LogP contribution in [0.25, 0.3) is 10.1 Å². The average molecular weight is 270 g/mol. The van der Waals surface area contributed by atoms with E-state index in [0.717, 1.165) is 15.6 Å². The van der Waals surface area contributed by atoms with Gasteiger partial charge in [0.05, 0.1) is 12.1 Å². The third kappa shape index (κ3) is 2.04. The Labute approximate surface area is 109 Å². The summed E-state index contributed by atoms with van der Waals surface area (Å²) in [4.78, 5) is 17.4. The van der Waals surface area contributed by atoms with Crippen LogP contribution in [0.15, 0.2) is 18.2 Å². The molecule has 17 heavy (non-hydrogen) atoms. The number of fused-ring (bicyclic) bond motifs is 1. The molecule has 5 heteroatoms. The molecule has 1 heterocycles. The fourth-order valence-corrected chi connectivity index (χ4v) is 3.28. The highest BCUT2D eigenvalue weighted by Crippen LogP contribution is 2.37. The van der Waals surface area contributed by atoms with E-state index in [0.29, 0.717) is 9.90 Å². The van der Waals surface area contributed by atoms with E-state index < -0.39 is 0 Å². The molecule has 2 rings (SSSR count). The lowest BCUT2D eigenvalue weighted by Gasteiger charge is -2.12. The predicted molar refractivity (Wildman–Crippen MR) is 70.7 cm³/mol. The van der Waals surface area contributed by atoms with E-state index in [1.54, 1.807) is 7.05 Å². The molecular weight excluding hydrogens is 258 g/mol. The zero-order valence-electron chi connectivity index (χ0n) is 9.78. The summed E-state index contributed by atoms with van der Waals surface area (Å²) in [5, 5.41) is 2.63. The standard InChI is InChI=1S/C12H12ClNO2S/c1-7-5-4-6-8-9(7)10(13)11(17-8)12(15)14(2)16-3/h4-6H,1-3H3. The van der Waals surface area contributed by atoms with Gasteiger partial charge in [0.15, 0.2) is 0 Å². The van der Waals surface area contributed by atoms with Crippen LogP contribution in [0.2, 0.25) is 5.02 Å². The number of benzene rings is 1. The van der Waals surface area contributed by atoms with Crippen molar-refractivity contribution >= 4 is 38.9 Å². The molecule has 0 saturated carbocycles. The molecule has 0 aliphatic rings. The monoisotopic (exact) mass is 269 g/mol. The Morgan fingerprint density at radius 1 is 1.47 bits per heavy atom. The first-order valence-corrected chi connectivity index (χ1v) is 6.25. The number of thiophene rings is 1. The van der Waals surface area contributed by atoms with Gasteiger partial charge in [-0.15, -0.1) is 11.3 Å². The van der Waals surface area contributed by atoms with E-state index in [1.165, 1.54) is 23.5 Å². The molecule has 0 unspecified atom stereocenters. The fourth-order valence-electron chi connectivity index (χ4n) is 1.64. The van der Waals surface area contributed by atoms with Crippen LogP contribution in [0.4, 0.5) is 0 Å². The van der Waals surface area contributed by atoms with Gasteiger partial charge in [-0.3, -0.25) is 9.63 Å². The molecule has 1 aromatic carbocycles. The molecule has 0 fully saturated rings. The first-order chi connectivity index (χ1) is 8.06. The summed E-state index contributed by atoms with van der Waals surface area (Å²) in [6, 6.07) is 5.90. The largest absolute Gasteiger partial charge is 0.288 e. The van der Waals surface area contributed by atoms with Gasteiger partial charge in [-0.25, -0.2) is 5.06 Å². The van der Waals surface area contributed by atoms with Crippen molar-refractivity contribution in [2.75, 3.05) is 14.2 Å². The van der Waals surface area contributed by atoms with Gasteiger partial charge in [0, 0.05) is 17.1 Å². The van der Waals surface area contributed by atoms with Crippen molar-refractivity contribution in [1.29, 1.82) is 0 Å². The van der Waals surface area contributed by atoms with Crippen LogP contribution in [0.5, 0.6) is 0 Å². The number of hydrogen-bond donors (Lipinski definition) is 0. The smallest absolute Gasteiger partial charge is 0.274 e. The Hall–Kier alpha value is -1.10. The molecule has 0 saturated heterocycles. The molecular formula is C12H12ClNO2S. The topological polar surface area (TPSA) is 29.5 Å². The van der Waals surface area contributed by atoms with E-state index >= 15 is 0 Å². The number of aryl methyl sites for hydroxylation is 1. The molecule has 2 aromatic rings. The molecule has 1 aromatic heterocycles. The maximum absolute atomic E-state index is 12.0. The molecule has 0 atom stereocenters. The van der Waals surface area contributed by atoms with Gasteiger partial charge in [-0.1, -0.05) is 23.7 Å². The Balaban J connectivity index is 2.61. The zero-order chi connectivity index (χ0) is 12.6. The highest BCUT2D eigenvalue weighted by Gasteiger charge is 2.21. The highest BCUT2D eigenvalue weighted by molar-refractivity contribution is 7.21. The van der Waals surface area contributed by atoms with E-state index in [2.05, 4.69) is 0 Å². The zero-order valence-corrected chi connectivity index (χ0v) is 11.4. The second kappa shape index (κ2) is 4.64. The Morgan fingerprint density at radius 2 is 2.18 bits per heavy atom. The Kier molecular flexibility index (Phi) is 3.38. The van der Waals surface area contributed by atoms with Gasteiger partial charge >= 0.3 is 0 Å². The lowest BCUT2D eigenvalue weighted by Crippen LogP contribution is -2.24. The van der Waals surface area contributed by atoms with Gasteiger partial charge in [-0.05, 0) is 18.6 Å². The van der Waals surface area contributed by atoms with Gasteiger partial charge in [-0.2, -0.15) is 0 Å². The number of nitrogens with zero attached hydrogens (tertiary/aromatic N) is 1. The highest BCUT2D eigenvalue weighted by atomic mass is 35.5. The molecule has 90 valence electrons. The van der Waals surface area contributed by atoms with E-state index in [-0.39, 0.29) is 5.91 Å². The average Bonchev–Trinajstić information content (AvgIpc) is 2.66. The van der Waals surface area contributed by atoms with Gasteiger partial charge < -0.3 is 0 Å². The molecule has 0 bridgehead atoms. The molecule has 0 aliphatic heterocycles.